The van der Waals surface area contributed by atoms with Crippen LogP contribution in [-0.2, 0) is 5.54 Å². The van der Waals surface area contributed by atoms with Crippen LogP contribution in [-0.4, -0.2) is 47.8 Å². The van der Waals surface area contributed by atoms with Crippen LogP contribution in [0.15, 0.2) is 53.5 Å². The molecule has 168 valence electrons. The molecule has 2 aromatic rings. The summed E-state index contributed by atoms with van der Waals surface area (Å²) in [6, 6.07) is 12.7. The van der Waals surface area contributed by atoms with Gasteiger partial charge in [0.15, 0.2) is 5.11 Å². The van der Waals surface area contributed by atoms with E-state index in [0.29, 0.717) is 47.3 Å². The number of carbonyl (C=O) groups excluding carboxylic acids is 1. The van der Waals surface area contributed by atoms with Crippen LogP contribution >= 0.6 is 12.2 Å². The number of aliphatic imine (C=N–C) groups is 1. The molecule has 1 amide bonds. The molecule has 2 heterocycles. The van der Waals surface area contributed by atoms with Crippen molar-refractivity contribution < 1.29 is 22.7 Å². The highest BCUT2D eigenvalue weighted by molar-refractivity contribution is 7.80. The number of hydrogen-bond donors (Lipinski definition) is 2. The Bertz CT molecular complexity index is 1070. The molecule has 2 aromatic carbocycles. The Kier molecular flexibility index (Phi) is 5.81. The molecule has 0 aliphatic carbocycles. The lowest BCUT2D eigenvalue weighted by atomic mass is 9.81. The molecular weight excluding hydrogens is 441 g/mol. The maximum atomic E-state index is 12.6. The number of fused-ring (bicyclic) bond motifs is 1. The molecular formula is C22H21F3N4O2S. The zero-order valence-corrected chi connectivity index (χ0v) is 18.0. The fraction of sp³-hybridized carbons (Fsp3) is 0.318. The maximum Gasteiger partial charge on any atom is 0.573 e. The number of nitrogens with zero attached hydrogens (tertiary/aromatic N) is 2. The number of hydrogen-bond acceptors (Lipinski definition) is 4. The Morgan fingerprint density at radius 2 is 2.00 bits per heavy atom. The lowest BCUT2D eigenvalue weighted by Gasteiger charge is -2.33. The van der Waals surface area contributed by atoms with Gasteiger partial charge in [0.25, 0.3) is 5.91 Å². The predicted octanol–water partition coefficient (Wildman–Crippen LogP) is 3.57. The summed E-state index contributed by atoms with van der Waals surface area (Å²) >= 11 is 5.57. The topological polar surface area (TPSA) is 66.0 Å². The predicted molar refractivity (Wildman–Crippen MR) is 118 cm³/mol. The number of thiocarbonyl (C=S) groups is 1. The Balaban J connectivity index is 1.85. The first-order valence-corrected chi connectivity index (χ1v) is 10.5. The highest BCUT2D eigenvalue weighted by atomic mass is 32.1. The van der Waals surface area contributed by atoms with Crippen LogP contribution in [0.5, 0.6) is 5.75 Å². The highest BCUT2D eigenvalue weighted by Gasteiger charge is 2.50. The quantitative estimate of drug-likeness (QED) is 0.666. The SMILES string of the molecule is CCNC(=O)c1cccc(C2(c3ccc(OC(F)(F)F)cc3)NC(=S)N3CCCN=C32)c1. The van der Waals surface area contributed by atoms with Crippen LogP contribution in [0.3, 0.4) is 0 Å². The molecule has 2 aliphatic heterocycles. The lowest BCUT2D eigenvalue weighted by Crippen LogP contribution is -2.46. The molecule has 4 rings (SSSR count). The van der Waals surface area contributed by atoms with E-state index >= 15 is 0 Å². The van der Waals surface area contributed by atoms with E-state index in [1.54, 1.807) is 30.3 Å². The summed E-state index contributed by atoms with van der Waals surface area (Å²) in [4.78, 5) is 19.1. The molecule has 1 fully saturated rings. The fourth-order valence-corrected chi connectivity index (χ4v) is 4.37. The summed E-state index contributed by atoms with van der Waals surface area (Å²) in [6.45, 7) is 3.60. The second-order valence-electron chi connectivity index (χ2n) is 7.40. The van der Waals surface area contributed by atoms with Gasteiger partial charge in [-0.15, -0.1) is 13.2 Å². The van der Waals surface area contributed by atoms with E-state index in [1.165, 1.54) is 12.1 Å². The minimum absolute atomic E-state index is 0.221. The van der Waals surface area contributed by atoms with Crippen molar-refractivity contribution in [2.24, 2.45) is 4.99 Å². The van der Waals surface area contributed by atoms with Gasteiger partial charge in [0, 0.05) is 25.2 Å². The van der Waals surface area contributed by atoms with E-state index < -0.39 is 11.9 Å². The molecule has 32 heavy (non-hydrogen) atoms. The lowest BCUT2D eigenvalue weighted by molar-refractivity contribution is -0.274. The Morgan fingerprint density at radius 1 is 1.25 bits per heavy atom. The van der Waals surface area contributed by atoms with Crippen molar-refractivity contribution in [2.45, 2.75) is 25.2 Å². The number of amides is 1. The summed E-state index contributed by atoms with van der Waals surface area (Å²) in [7, 11) is 0. The first kappa shape index (κ1) is 22.1. The summed E-state index contributed by atoms with van der Waals surface area (Å²) in [5.74, 6) is 0.114. The Hall–Kier alpha value is -3.14. The largest absolute Gasteiger partial charge is 0.573 e. The van der Waals surface area contributed by atoms with E-state index in [9.17, 15) is 18.0 Å². The van der Waals surface area contributed by atoms with E-state index in [2.05, 4.69) is 15.4 Å². The van der Waals surface area contributed by atoms with Gasteiger partial charge in [-0.1, -0.05) is 24.3 Å². The second kappa shape index (κ2) is 8.42. The van der Waals surface area contributed by atoms with Crippen molar-refractivity contribution in [1.29, 1.82) is 0 Å². The van der Waals surface area contributed by atoms with E-state index in [4.69, 9.17) is 17.2 Å². The standard InChI is InChI=1S/C22H21F3N4O2S/c1-2-26-18(30)14-5-3-6-16(13-14)21(19-27-11-4-12-29(19)20(32)28-21)15-7-9-17(10-8-15)31-22(23,24)25/h3,5-10,13H,2,4,11-12H2,1H3,(H,26,30)(H,28,32). The number of halogens is 3. The highest BCUT2D eigenvalue weighted by Crippen LogP contribution is 2.39. The molecule has 1 saturated heterocycles. The van der Waals surface area contributed by atoms with Gasteiger partial charge in [-0.25, -0.2) is 0 Å². The number of ether oxygens (including phenoxy) is 1. The number of benzene rings is 2. The summed E-state index contributed by atoms with van der Waals surface area (Å²) < 4.78 is 41.9. The molecule has 0 saturated carbocycles. The van der Waals surface area contributed by atoms with E-state index in [1.807, 2.05) is 17.9 Å². The van der Waals surface area contributed by atoms with Gasteiger partial charge >= 0.3 is 6.36 Å². The van der Waals surface area contributed by atoms with Crippen molar-refractivity contribution in [2.75, 3.05) is 19.6 Å². The molecule has 2 N–H and O–H groups in total. The number of carbonyl (C=O) groups is 1. The smallest absolute Gasteiger partial charge is 0.406 e. The number of nitrogens with one attached hydrogen (secondary N) is 2. The van der Waals surface area contributed by atoms with E-state index in [-0.39, 0.29) is 11.7 Å². The van der Waals surface area contributed by atoms with E-state index in [0.717, 1.165) is 6.42 Å². The number of rotatable bonds is 5. The van der Waals surface area contributed by atoms with Crippen LogP contribution in [0.25, 0.3) is 0 Å². The number of amidine groups is 1. The van der Waals surface area contributed by atoms with Gasteiger partial charge < -0.3 is 20.3 Å². The average Bonchev–Trinajstić information content (AvgIpc) is 3.07. The third-order valence-corrected chi connectivity index (χ3v) is 5.67. The fourth-order valence-electron chi connectivity index (χ4n) is 4.04. The molecule has 0 spiro atoms. The first-order valence-electron chi connectivity index (χ1n) is 10.1. The molecule has 1 atom stereocenters. The zero-order valence-electron chi connectivity index (χ0n) is 17.2. The van der Waals surface area contributed by atoms with Crippen molar-refractivity contribution >= 4 is 29.1 Å². The van der Waals surface area contributed by atoms with Gasteiger partial charge in [0.1, 0.15) is 17.1 Å². The minimum atomic E-state index is -4.78. The molecule has 2 aliphatic rings. The second-order valence-corrected chi connectivity index (χ2v) is 7.79. The molecule has 6 nitrogen and oxygen atoms in total. The molecule has 1 unspecified atom stereocenters. The zero-order chi connectivity index (χ0) is 22.9. The monoisotopic (exact) mass is 462 g/mol. The van der Waals surface area contributed by atoms with Crippen LogP contribution in [0.4, 0.5) is 13.2 Å². The molecule has 0 aromatic heterocycles. The van der Waals surface area contributed by atoms with Gasteiger partial charge in [0.2, 0.25) is 0 Å². The summed E-state index contributed by atoms with van der Waals surface area (Å²) in [5, 5.41) is 6.59. The molecule has 0 radical (unpaired) electrons. The van der Waals surface area contributed by atoms with Crippen molar-refractivity contribution in [3.8, 4) is 5.75 Å². The normalized spacial score (nSPS) is 20.3. The third kappa shape index (κ3) is 4.02. The molecule has 0 bridgehead atoms. The van der Waals surface area contributed by atoms with Crippen LogP contribution in [0, 0.1) is 0 Å². The van der Waals surface area contributed by atoms with Crippen LogP contribution in [0.2, 0.25) is 0 Å². The Labute approximate surface area is 188 Å². The number of alkyl halides is 3. The minimum Gasteiger partial charge on any atom is -0.406 e. The van der Waals surface area contributed by atoms with Gasteiger partial charge in [-0.3, -0.25) is 9.79 Å². The van der Waals surface area contributed by atoms with Gasteiger partial charge in [-0.2, -0.15) is 0 Å². The van der Waals surface area contributed by atoms with Crippen molar-refractivity contribution in [1.82, 2.24) is 15.5 Å². The maximum absolute atomic E-state index is 12.6. The summed E-state index contributed by atoms with van der Waals surface area (Å²) in [6.07, 6.45) is -3.95. The van der Waals surface area contributed by atoms with Crippen LogP contribution < -0.4 is 15.4 Å². The van der Waals surface area contributed by atoms with Crippen LogP contribution in [0.1, 0.15) is 34.8 Å². The Morgan fingerprint density at radius 3 is 2.69 bits per heavy atom. The third-order valence-electron chi connectivity index (χ3n) is 5.35. The van der Waals surface area contributed by atoms with Gasteiger partial charge in [0.05, 0.1) is 0 Å². The average molecular weight is 462 g/mol. The summed E-state index contributed by atoms with van der Waals surface area (Å²) in [5.41, 5.74) is 0.752. The molecule has 10 heteroatoms. The van der Waals surface area contributed by atoms with Crippen molar-refractivity contribution in [3.63, 3.8) is 0 Å². The first-order chi connectivity index (χ1) is 15.2. The van der Waals surface area contributed by atoms with Crippen molar-refractivity contribution in [3.05, 3.63) is 65.2 Å². The van der Waals surface area contributed by atoms with Gasteiger partial charge in [-0.05, 0) is 61.0 Å².